The molecule has 2 atom stereocenters. The van der Waals surface area contributed by atoms with Gasteiger partial charge in [0.05, 0.1) is 0 Å². The van der Waals surface area contributed by atoms with Gasteiger partial charge in [0.1, 0.15) is 17.8 Å². The fourth-order valence-corrected chi connectivity index (χ4v) is 1.26. The Kier molecular flexibility index (Phi) is 8.03. The highest BCUT2D eigenvalue weighted by molar-refractivity contribution is 5.73. The molecule has 1 unspecified atom stereocenters. The van der Waals surface area contributed by atoms with Crippen molar-refractivity contribution in [2.45, 2.75) is 32.4 Å². The van der Waals surface area contributed by atoms with Crippen LogP contribution in [0.2, 0.25) is 0 Å². The molecule has 0 saturated heterocycles. The van der Waals surface area contributed by atoms with Gasteiger partial charge in [0.2, 0.25) is 0 Å². The highest BCUT2D eigenvalue weighted by atomic mass is 16.4. The summed E-state index contributed by atoms with van der Waals surface area (Å²) >= 11 is 0. The van der Waals surface area contributed by atoms with Crippen molar-refractivity contribution in [3.8, 4) is 5.75 Å². The Morgan fingerprint density at radius 1 is 1.05 bits per heavy atom. The molecule has 118 valence electrons. The number of phenols is 1. The monoisotopic (exact) mass is 298 g/mol. The predicted molar refractivity (Wildman–Crippen MR) is 77.9 cm³/mol. The van der Waals surface area contributed by atoms with Crippen LogP contribution in [0.25, 0.3) is 0 Å². The molecule has 0 saturated carbocycles. The number of nitrogens with two attached hydrogens (primary N) is 2. The number of carboxylic acids is 2. The Hall–Kier alpha value is -2.12. The molecule has 1 aromatic carbocycles. The van der Waals surface area contributed by atoms with Gasteiger partial charge in [-0.15, -0.1) is 0 Å². The van der Waals surface area contributed by atoms with Crippen molar-refractivity contribution in [1.29, 1.82) is 0 Å². The second-order valence-corrected chi connectivity index (χ2v) is 4.92. The van der Waals surface area contributed by atoms with Crippen LogP contribution in [-0.2, 0) is 16.0 Å². The molecule has 0 heterocycles. The molecule has 0 aromatic heterocycles. The van der Waals surface area contributed by atoms with Crippen LogP contribution in [-0.4, -0.2) is 39.3 Å². The number of rotatable bonds is 5. The Labute approximate surface area is 123 Å². The topological polar surface area (TPSA) is 147 Å². The summed E-state index contributed by atoms with van der Waals surface area (Å²) in [7, 11) is 0. The molecule has 0 aliphatic heterocycles. The Bertz CT molecular complexity index is 459. The zero-order valence-corrected chi connectivity index (χ0v) is 12.1. The maximum atomic E-state index is 10.4. The fraction of sp³-hybridized carbons (Fsp3) is 0.429. The molecular formula is C14H22N2O5. The molecule has 0 aliphatic carbocycles. The summed E-state index contributed by atoms with van der Waals surface area (Å²) in [6.07, 6.45) is 0.273. The molecule has 0 bridgehead atoms. The van der Waals surface area contributed by atoms with Crippen LogP contribution in [0.4, 0.5) is 0 Å². The first kappa shape index (κ1) is 18.9. The number of aliphatic carboxylic acids is 2. The predicted octanol–water partition coefficient (Wildman–Crippen LogP) is 0.401. The molecule has 7 nitrogen and oxygen atoms in total. The molecule has 21 heavy (non-hydrogen) atoms. The van der Waals surface area contributed by atoms with Gasteiger partial charge in [0.15, 0.2) is 0 Å². The third kappa shape index (κ3) is 7.91. The zero-order chi connectivity index (χ0) is 16.6. The van der Waals surface area contributed by atoms with E-state index in [1.54, 1.807) is 26.0 Å². The lowest BCUT2D eigenvalue weighted by Crippen LogP contribution is -2.34. The number of benzene rings is 1. The number of hydrogen-bond donors (Lipinski definition) is 5. The Morgan fingerprint density at radius 2 is 1.52 bits per heavy atom. The van der Waals surface area contributed by atoms with Gasteiger partial charge >= 0.3 is 11.9 Å². The van der Waals surface area contributed by atoms with E-state index in [9.17, 15) is 9.59 Å². The van der Waals surface area contributed by atoms with Crippen LogP contribution in [0.5, 0.6) is 5.75 Å². The van der Waals surface area contributed by atoms with E-state index in [0.29, 0.717) is 0 Å². The lowest BCUT2D eigenvalue weighted by molar-refractivity contribution is -0.140. The smallest absolute Gasteiger partial charge is 0.320 e. The maximum absolute atomic E-state index is 10.4. The van der Waals surface area contributed by atoms with Crippen molar-refractivity contribution < 1.29 is 24.9 Å². The Morgan fingerprint density at radius 3 is 1.81 bits per heavy atom. The Balaban J connectivity index is 0.000000433. The highest BCUT2D eigenvalue weighted by Gasteiger charge is 2.14. The van der Waals surface area contributed by atoms with Gasteiger partial charge in [-0.1, -0.05) is 26.0 Å². The third-order valence-corrected chi connectivity index (χ3v) is 2.71. The number of phenolic OH excluding ortho intramolecular Hbond substituents is 1. The van der Waals surface area contributed by atoms with Crippen molar-refractivity contribution in [3.05, 3.63) is 29.8 Å². The first-order valence-electron chi connectivity index (χ1n) is 6.39. The molecular weight excluding hydrogens is 276 g/mol. The van der Waals surface area contributed by atoms with E-state index in [4.69, 9.17) is 26.8 Å². The largest absolute Gasteiger partial charge is 0.508 e. The lowest BCUT2D eigenvalue weighted by Gasteiger charge is -2.07. The molecule has 1 aromatic rings. The van der Waals surface area contributed by atoms with Gasteiger partial charge in [0.25, 0.3) is 0 Å². The van der Waals surface area contributed by atoms with E-state index in [-0.39, 0.29) is 18.1 Å². The van der Waals surface area contributed by atoms with E-state index >= 15 is 0 Å². The minimum absolute atomic E-state index is 0.0208. The second-order valence-electron chi connectivity index (χ2n) is 4.92. The van der Waals surface area contributed by atoms with Crippen molar-refractivity contribution >= 4 is 11.9 Å². The normalized spacial score (nSPS) is 13.0. The second kappa shape index (κ2) is 8.93. The van der Waals surface area contributed by atoms with Crippen LogP contribution >= 0.6 is 0 Å². The lowest BCUT2D eigenvalue weighted by atomic mass is 10.1. The summed E-state index contributed by atoms with van der Waals surface area (Å²) in [4.78, 5) is 20.4. The van der Waals surface area contributed by atoms with Gasteiger partial charge in [-0.2, -0.15) is 0 Å². The van der Waals surface area contributed by atoms with E-state index in [1.807, 2.05) is 0 Å². The van der Waals surface area contributed by atoms with Crippen molar-refractivity contribution in [2.24, 2.45) is 17.4 Å². The van der Waals surface area contributed by atoms with E-state index in [1.165, 1.54) is 12.1 Å². The molecule has 7 N–H and O–H groups in total. The zero-order valence-electron chi connectivity index (χ0n) is 12.1. The van der Waals surface area contributed by atoms with Crippen LogP contribution in [0.3, 0.4) is 0 Å². The van der Waals surface area contributed by atoms with Crippen molar-refractivity contribution in [3.63, 3.8) is 0 Å². The first-order chi connectivity index (χ1) is 9.65. The summed E-state index contributed by atoms with van der Waals surface area (Å²) in [5.74, 6) is -1.77. The molecule has 0 aliphatic rings. The van der Waals surface area contributed by atoms with E-state index in [0.717, 1.165) is 5.56 Å². The van der Waals surface area contributed by atoms with Crippen LogP contribution in [0.1, 0.15) is 19.4 Å². The molecule has 0 amide bonds. The number of carboxylic acid groups (broad SMARTS) is 2. The number of hydrogen-bond acceptors (Lipinski definition) is 5. The molecule has 0 radical (unpaired) electrons. The number of aromatic hydroxyl groups is 1. The highest BCUT2D eigenvalue weighted by Crippen LogP contribution is 2.10. The fourth-order valence-electron chi connectivity index (χ4n) is 1.26. The summed E-state index contributed by atoms with van der Waals surface area (Å²) < 4.78 is 0. The SMILES string of the molecule is CC(C)C(N)C(=O)O.N[C@@H](Cc1ccc(O)cc1)C(=O)O. The maximum Gasteiger partial charge on any atom is 0.320 e. The average molecular weight is 298 g/mol. The van der Waals surface area contributed by atoms with Gasteiger partial charge in [-0.25, -0.2) is 0 Å². The molecule has 7 heteroatoms. The van der Waals surface area contributed by atoms with Crippen LogP contribution in [0.15, 0.2) is 24.3 Å². The average Bonchev–Trinajstić information content (AvgIpc) is 2.40. The molecule has 1 rings (SSSR count). The minimum atomic E-state index is -1.02. The summed E-state index contributed by atoms with van der Waals surface area (Å²) in [5.41, 5.74) is 11.3. The van der Waals surface area contributed by atoms with E-state index < -0.39 is 24.0 Å². The number of carbonyl (C=O) groups is 2. The molecule has 0 spiro atoms. The first-order valence-corrected chi connectivity index (χ1v) is 6.39. The standard InChI is InChI=1S/C9H11NO3.C5H11NO2/c10-8(9(12)13)5-6-1-3-7(11)4-2-6;1-3(2)4(6)5(7)8/h1-4,8,11H,5,10H2,(H,12,13);3-4H,6H2,1-2H3,(H,7,8)/t8-;/m0./s1. The van der Waals surface area contributed by atoms with Gasteiger partial charge in [0, 0.05) is 0 Å². The quantitative estimate of drug-likeness (QED) is 0.528. The van der Waals surface area contributed by atoms with E-state index in [2.05, 4.69) is 0 Å². The van der Waals surface area contributed by atoms with Crippen molar-refractivity contribution in [2.75, 3.05) is 0 Å². The summed E-state index contributed by atoms with van der Waals surface area (Å²) in [6, 6.07) is 4.71. The molecule has 0 fully saturated rings. The van der Waals surface area contributed by atoms with Crippen LogP contribution in [0, 0.1) is 5.92 Å². The summed E-state index contributed by atoms with van der Waals surface area (Å²) in [6.45, 7) is 3.55. The van der Waals surface area contributed by atoms with Crippen molar-refractivity contribution in [1.82, 2.24) is 0 Å². The summed E-state index contributed by atoms with van der Waals surface area (Å²) in [5, 5.41) is 25.7. The minimum Gasteiger partial charge on any atom is -0.508 e. The van der Waals surface area contributed by atoms with Gasteiger partial charge < -0.3 is 26.8 Å². The third-order valence-electron chi connectivity index (χ3n) is 2.71. The van der Waals surface area contributed by atoms with Gasteiger partial charge in [-0.05, 0) is 30.0 Å². The van der Waals surface area contributed by atoms with Gasteiger partial charge in [-0.3, -0.25) is 9.59 Å². The van der Waals surface area contributed by atoms with Crippen LogP contribution < -0.4 is 11.5 Å².